The molecule has 1 aliphatic heterocycles. The van der Waals surface area contributed by atoms with Crippen molar-refractivity contribution in [2.45, 2.75) is 6.18 Å². The van der Waals surface area contributed by atoms with Crippen molar-refractivity contribution in [1.82, 2.24) is 14.7 Å². The molecule has 0 unspecified atom stereocenters. The Hall–Kier alpha value is -4.38. The molecular formula is C27H21ClF3N5O3. The first-order valence-corrected chi connectivity index (χ1v) is 12.3. The summed E-state index contributed by atoms with van der Waals surface area (Å²) >= 11 is 6.18. The van der Waals surface area contributed by atoms with Gasteiger partial charge in [-0.2, -0.15) is 18.3 Å². The number of aromatic nitrogens is 2. The summed E-state index contributed by atoms with van der Waals surface area (Å²) in [7, 11) is 0. The highest BCUT2D eigenvalue weighted by Gasteiger charge is 2.32. The van der Waals surface area contributed by atoms with Crippen molar-refractivity contribution in [2.24, 2.45) is 0 Å². The largest absolute Gasteiger partial charge is 0.416 e. The molecule has 0 atom stereocenters. The molecule has 1 fully saturated rings. The zero-order valence-corrected chi connectivity index (χ0v) is 21.1. The molecule has 12 heteroatoms. The molecule has 1 aromatic heterocycles. The fraction of sp³-hybridized carbons (Fsp3) is 0.185. The number of amides is 1. The third-order valence-corrected chi connectivity index (χ3v) is 6.70. The van der Waals surface area contributed by atoms with E-state index in [4.69, 9.17) is 11.6 Å². The second-order valence-electron chi connectivity index (χ2n) is 8.94. The maximum absolute atomic E-state index is 13.7. The van der Waals surface area contributed by atoms with Crippen LogP contribution in [0, 0.1) is 10.1 Å². The lowest BCUT2D eigenvalue weighted by molar-refractivity contribution is -0.384. The molecule has 0 spiro atoms. The number of rotatable bonds is 5. The van der Waals surface area contributed by atoms with Gasteiger partial charge in [0, 0.05) is 54.6 Å². The molecule has 1 amide bonds. The van der Waals surface area contributed by atoms with Crippen molar-refractivity contribution in [2.75, 3.05) is 31.1 Å². The van der Waals surface area contributed by atoms with E-state index >= 15 is 0 Å². The number of hydrogen-bond acceptors (Lipinski definition) is 5. The Kier molecular flexibility index (Phi) is 7.00. The van der Waals surface area contributed by atoms with E-state index in [9.17, 15) is 28.1 Å². The minimum Gasteiger partial charge on any atom is -0.368 e. The molecule has 0 saturated carbocycles. The topological polar surface area (TPSA) is 84.5 Å². The van der Waals surface area contributed by atoms with Gasteiger partial charge in [0.1, 0.15) is 5.69 Å². The summed E-state index contributed by atoms with van der Waals surface area (Å²) in [5.74, 6) is -0.306. The number of anilines is 1. The first-order valence-electron chi connectivity index (χ1n) is 11.9. The van der Waals surface area contributed by atoms with E-state index < -0.39 is 16.7 Å². The van der Waals surface area contributed by atoms with E-state index in [1.165, 1.54) is 22.9 Å². The summed E-state index contributed by atoms with van der Waals surface area (Å²) < 4.78 is 40.9. The van der Waals surface area contributed by atoms with Crippen LogP contribution in [0.25, 0.3) is 16.9 Å². The molecule has 0 N–H and O–H groups in total. The average molecular weight is 556 g/mol. The van der Waals surface area contributed by atoms with Gasteiger partial charge in [-0.05, 0) is 54.6 Å². The first-order chi connectivity index (χ1) is 18.6. The van der Waals surface area contributed by atoms with Crippen molar-refractivity contribution >= 4 is 28.9 Å². The smallest absolute Gasteiger partial charge is 0.368 e. The predicted octanol–water partition coefficient (Wildman–Crippen LogP) is 6.08. The Balaban J connectivity index is 1.41. The van der Waals surface area contributed by atoms with Gasteiger partial charge in [-0.15, -0.1) is 0 Å². The minimum atomic E-state index is -4.44. The fourth-order valence-electron chi connectivity index (χ4n) is 4.44. The molecule has 4 aromatic rings. The van der Waals surface area contributed by atoms with Crippen molar-refractivity contribution < 1.29 is 22.9 Å². The number of nitrogens with zero attached hydrogens (tertiary/aromatic N) is 5. The maximum Gasteiger partial charge on any atom is 0.416 e. The van der Waals surface area contributed by atoms with Crippen LogP contribution in [0.2, 0.25) is 5.02 Å². The zero-order valence-electron chi connectivity index (χ0n) is 20.3. The van der Waals surface area contributed by atoms with Crippen molar-refractivity contribution in [3.05, 3.63) is 105 Å². The Morgan fingerprint density at radius 3 is 2.21 bits per heavy atom. The maximum atomic E-state index is 13.7. The van der Waals surface area contributed by atoms with E-state index in [0.29, 0.717) is 53.8 Å². The Bertz CT molecular complexity index is 1530. The van der Waals surface area contributed by atoms with Crippen LogP contribution >= 0.6 is 11.6 Å². The normalized spacial score (nSPS) is 13.9. The number of carbonyl (C=O) groups is 1. The molecule has 8 nitrogen and oxygen atoms in total. The number of non-ortho nitro benzene ring substituents is 1. The van der Waals surface area contributed by atoms with Gasteiger partial charge >= 0.3 is 6.18 Å². The number of piperazine rings is 1. The summed E-state index contributed by atoms with van der Waals surface area (Å²) in [4.78, 5) is 27.6. The van der Waals surface area contributed by atoms with E-state index in [1.54, 1.807) is 53.4 Å². The van der Waals surface area contributed by atoms with Gasteiger partial charge in [0.05, 0.1) is 21.9 Å². The number of benzene rings is 3. The van der Waals surface area contributed by atoms with Gasteiger partial charge in [-0.25, -0.2) is 4.68 Å². The van der Waals surface area contributed by atoms with Gasteiger partial charge in [0.15, 0.2) is 0 Å². The van der Waals surface area contributed by atoms with Crippen molar-refractivity contribution in [3.63, 3.8) is 0 Å². The van der Waals surface area contributed by atoms with Gasteiger partial charge in [-0.1, -0.05) is 23.7 Å². The summed E-state index contributed by atoms with van der Waals surface area (Å²) in [6, 6.07) is 19.4. The third-order valence-electron chi connectivity index (χ3n) is 6.46. The van der Waals surface area contributed by atoms with E-state index in [2.05, 4.69) is 5.10 Å². The predicted molar refractivity (Wildman–Crippen MR) is 140 cm³/mol. The molecule has 5 rings (SSSR count). The van der Waals surface area contributed by atoms with Crippen LogP contribution in [0.3, 0.4) is 0 Å². The molecule has 200 valence electrons. The standard InChI is InChI=1S/C27H21ClF3N5O3/c28-20-4-2-6-23(16-20)35-25(17-24(32-35)18-7-9-21(10-8-18)36(38)39)26(37)34-13-11-33(12-14-34)22-5-1-3-19(15-22)27(29,30)31/h1-10,15-17H,11-14H2. The van der Waals surface area contributed by atoms with Crippen molar-refractivity contribution in [1.29, 1.82) is 0 Å². The highest BCUT2D eigenvalue weighted by molar-refractivity contribution is 6.30. The van der Waals surface area contributed by atoms with E-state index in [0.717, 1.165) is 12.1 Å². The molecule has 1 saturated heterocycles. The van der Waals surface area contributed by atoms with Crippen LogP contribution in [0.15, 0.2) is 78.9 Å². The number of halogens is 4. The second kappa shape index (κ2) is 10.4. The summed E-state index contributed by atoms with van der Waals surface area (Å²) in [5, 5.41) is 16.1. The van der Waals surface area contributed by atoms with Crippen LogP contribution < -0.4 is 4.90 Å². The second-order valence-corrected chi connectivity index (χ2v) is 9.37. The van der Waals surface area contributed by atoms with Crippen LogP contribution in [-0.2, 0) is 6.18 Å². The SMILES string of the molecule is O=C(c1cc(-c2ccc([N+](=O)[O-])cc2)nn1-c1cccc(Cl)c1)N1CCN(c2cccc(C(F)(F)F)c2)CC1. The first kappa shape index (κ1) is 26.2. The molecule has 39 heavy (non-hydrogen) atoms. The van der Waals surface area contributed by atoms with Gasteiger partial charge in [0.2, 0.25) is 0 Å². The van der Waals surface area contributed by atoms with Gasteiger partial charge in [0.25, 0.3) is 11.6 Å². The third kappa shape index (κ3) is 5.58. The number of alkyl halides is 3. The monoisotopic (exact) mass is 555 g/mol. The Morgan fingerprint density at radius 2 is 1.56 bits per heavy atom. The van der Waals surface area contributed by atoms with Crippen molar-refractivity contribution in [3.8, 4) is 16.9 Å². The molecule has 2 heterocycles. The van der Waals surface area contributed by atoms with Gasteiger partial charge < -0.3 is 9.80 Å². The quantitative estimate of drug-likeness (QED) is 0.220. The lowest BCUT2D eigenvalue weighted by Gasteiger charge is -2.36. The highest BCUT2D eigenvalue weighted by Crippen LogP contribution is 2.32. The lowest BCUT2D eigenvalue weighted by atomic mass is 10.1. The van der Waals surface area contributed by atoms with E-state index in [-0.39, 0.29) is 17.3 Å². The number of hydrogen-bond donors (Lipinski definition) is 0. The zero-order chi connectivity index (χ0) is 27.7. The van der Waals surface area contributed by atoms with E-state index in [1.807, 2.05) is 4.90 Å². The van der Waals surface area contributed by atoms with Crippen LogP contribution in [0.4, 0.5) is 24.5 Å². The lowest BCUT2D eigenvalue weighted by Crippen LogP contribution is -2.49. The molecule has 0 aliphatic carbocycles. The number of nitro benzene ring substituents is 1. The minimum absolute atomic E-state index is 0.0667. The molecule has 3 aromatic carbocycles. The Labute approximate surface area is 226 Å². The molecular weight excluding hydrogens is 535 g/mol. The highest BCUT2D eigenvalue weighted by atomic mass is 35.5. The Morgan fingerprint density at radius 1 is 0.897 bits per heavy atom. The molecule has 1 aliphatic rings. The average Bonchev–Trinajstić information content (AvgIpc) is 3.38. The molecule has 0 radical (unpaired) electrons. The van der Waals surface area contributed by atoms with Crippen LogP contribution in [0.1, 0.15) is 16.1 Å². The number of nitro groups is 1. The van der Waals surface area contributed by atoms with Gasteiger partial charge in [-0.3, -0.25) is 14.9 Å². The van der Waals surface area contributed by atoms with Crippen LogP contribution in [-0.4, -0.2) is 51.7 Å². The summed E-state index contributed by atoms with van der Waals surface area (Å²) in [6.45, 7) is 1.30. The fourth-order valence-corrected chi connectivity index (χ4v) is 4.63. The molecule has 0 bridgehead atoms. The summed E-state index contributed by atoms with van der Waals surface area (Å²) in [5.41, 5.74) is 1.51. The van der Waals surface area contributed by atoms with Crippen LogP contribution in [0.5, 0.6) is 0 Å². The summed E-state index contributed by atoms with van der Waals surface area (Å²) in [6.07, 6.45) is -4.44. The number of carbonyl (C=O) groups excluding carboxylic acids is 1.